The molecule has 0 aromatic heterocycles. The Morgan fingerprint density at radius 2 is 1.83 bits per heavy atom. The number of hydrogen-bond acceptors (Lipinski definition) is 3. The lowest BCUT2D eigenvalue weighted by Gasteiger charge is -2.28. The molecule has 0 aromatic carbocycles. The molecule has 0 rings (SSSR count). The van der Waals surface area contributed by atoms with Crippen LogP contribution in [0, 0.1) is 11.8 Å². The van der Waals surface area contributed by atoms with Crippen molar-refractivity contribution in [2.24, 2.45) is 17.6 Å². The summed E-state index contributed by atoms with van der Waals surface area (Å²) in [6.45, 7) is 13.0. The molecule has 2 atom stereocenters. The zero-order valence-electron chi connectivity index (χ0n) is 13.1. The van der Waals surface area contributed by atoms with Crippen LogP contribution in [0.5, 0.6) is 0 Å². The summed E-state index contributed by atoms with van der Waals surface area (Å²) in [6, 6.07) is 0.520. The smallest absolute Gasteiger partial charge is 0.0615 e. The number of nitrogens with two attached hydrogens (primary N) is 1. The van der Waals surface area contributed by atoms with Crippen LogP contribution in [-0.2, 0) is 4.74 Å². The maximum atomic E-state index is 5.69. The molecule has 0 aliphatic rings. The van der Waals surface area contributed by atoms with Crippen LogP contribution >= 0.6 is 0 Å². The molecule has 0 fully saturated rings. The van der Waals surface area contributed by atoms with Crippen molar-refractivity contribution < 1.29 is 4.74 Å². The third-order valence-corrected chi connectivity index (χ3v) is 3.94. The normalized spacial score (nSPS) is 15.3. The van der Waals surface area contributed by atoms with Crippen LogP contribution in [0.4, 0.5) is 0 Å². The minimum Gasteiger partial charge on any atom is -0.383 e. The minimum absolute atomic E-state index is 0.520. The lowest BCUT2D eigenvalue weighted by molar-refractivity contribution is 0.0997. The van der Waals surface area contributed by atoms with E-state index < -0.39 is 0 Å². The zero-order chi connectivity index (χ0) is 14.0. The lowest BCUT2D eigenvalue weighted by atomic mass is 9.88. The van der Waals surface area contributed by atoms with Gasteiger partial charge in [0.25, 0.3) is 0 Å². The molecule has 2 N–H and O–H groups in total. The maximum Gasteiger partial charge on any atom is 0.0615 e. The molecule has 0 aromatic rings. The van der Waals surface area contributed by atoms with E-state index >= 15 is 0 Å². The number of likely N-dealkylation sites (N-methyl/N-ethyl adjacent to an activating group) is 1. The van der Waals surface area contributed by atoms with Crippen LogP contribution in [0.3, 0.4) is 0 Å². The van der Waals surface area contributed by atoms with Gasteiger partial charge in [-0.05, 0) is 57.7 Å². The van der Waals surface area contributed by atoms with E-state index in [9.17, 15) is 0 Å². The summed E-state index contributed by atoms with van der Waals surface area (Å²) in [7, 11) is 1.78. The monoisotopic (exact) mass is 258 g/mol. The van der Waals surface area contributed by atoms with E-state index in [0.29, 0.717) is 6.04 Å². The van der Waals surface area contributed by atoms with Crippen molar-refractivity contribution in [2.75, 3.05) is 33.4 Å². The van der Waals surface area contributed by atoms with E-state index in [0.717, 1.165) is 38.0 Å². The molecule has 0 radical (unpaired) electrons. The quantitative estimate of drug-likeness (QED) is 0.619. The molecule has 110 valence electrons. The standard InChI is InChI=1S/C15H34N2O/c1-6-17(14(4)12-18-5)11-7-8-15(9-10-16)13(2)3/h13-15H,6-12,16H2,1-5H3. The van der Waals surface area contributed by atoms with Crippen molar-refractivity contribution >= 4 is 0 Å². The molecule has 0 aliphatic heterocycles. The SMILES string of the molecule is CCN(CCCC(CCN)C(C)C)C(C)COC. The highest BCUT2D eigenvalue weighted by molar-refractivity contribution is 4.68. The van der Waals surface area contributed by atoms with Crippen LogP contribution in [-0.4, -0.2) is 44.3 Å². The lowest BCUT2D eigenvalue weighted by Crippen LogP contribution is -2.37. The molecule has 0 saturated carbocycles. The Hall–Kier alpha value is -0.120. The molecule has 0 heterocycles. The van der Waals surface area contributed by atoms with Crippen LogP contribution in [0.1, 0.15) is 47.0 Å². The van der Waals surface area contributed by atoms with Gasteiger partial charge in [0.1, 0.15) is 0 Å². The second kappa shape index (κ2) is 10.8. The largest absolute Gasteiger partial charge is 0.383 e. The van der Waals surface area contributed by atoms with E-state index in [4.69, 9.17) is 10.5 Å². The number of rotatable bonds is 11. The number of methoxy groups -OCH3 is 1. The molecule has 0 bridgehead atoms. The first-order chi connectivity index (χ1) is 8.56. The van der Waals surface area contributed by atoms with Gasteiger partial charge in [0.15, 0.2) is 0 Å². The number of nitrogens with zero attached hydrogens (tertiary/aromatic N) is 1. The number of hydrogen-bond donors (Lipinski definition) is 1. The molecule has 0 amide bonds. The Labute approximate surface area is 114 Å². The first-order valence-electron chi connectivity index (χ1n) is 7.49. The Bertz CT molecular complexity index is 185. The van der Waals surface area contributed by atoms with E-state index in [2.05, 4.69) is 32.6 Å². The van der Waals surface area contributed by atoms with Gasteiger partial charge in [-0.3, -0.25) is 4.90 Å². The summed E-state index contributed by atoms with van der Waals surface area (Å²) in [4.78, 5) is 2.50. The fraction of sp³-hybridized carbons (Fsp3) is 1.00. The summed E-state index contributed by atoms with van der Waals surface area (Å²) in [5.41, 5.74) is 5.69. The number of ether oxygens (including phenoxy) is 1. The highest BCUT2D eigenvalue weighted by Gasteiger charge is 2.15. The highest BCUT2D eigenvalue weighted by atomic mass is 16.5. The summed E-state index contributed by atoms with van der Waals surface area (Å²) in [5.74, 6) is 1.53. The van der Waals surface area contributed by atoms with Gasteiger partial charge in [0.05, 0.1) is 6.61 Å². The van der Waals surface area contributed by atoms with Gasteiger partial charge in [-0.2, -0.15) is 0 Å². The molecular weight excluding hydrogens is 224 g/mol. The van der Waals surface area contributed by atoms with Crippen molar-refractivity contribution in [1.29, 1.82) is 0 Å². The van der Waals surface area contributed by atoms with Gasteiger partial charge >= 0.3 is 0 Å². The third kappa shape index (κ3) is 7.34. The second-order valence-electron chi connectivity index (χ2n) is 5.66. The van der Waals surface area contributed by atoms with Gasteiger partial charge < -0.3 is 10.5 Å². The summed E-state index contributed by atoms with van der Waals surface area (Å²) in [6.07, 6.45) is 3.73. The average Bonchev–Trinajstić information content (AvgIpc) is 2.33. The molecule has 3 nitrogen and oxygen atoms in total. The van der Waals surface area contributed by atoms with E-state index in [1.807, 2.05) is 0 Å². The fourth-order valence-electron chi connectivity index (χ4n) is 2.62. The van der Waals surface area contributed by atoms with Gasteiger partial charge in [-0.25, -0.2) is 0 Å². The van der Waals surface area contributed by atoms with Crippen molar-refractivity contribution in [3.05, 3.63) is 0 Å². The molecule has 0 saturated heterocycles. The molecule has 0 aliphatic carbocycles. The predicted octanol–water partition coefficient (Wildman–Crippen LogP) is 2.74. The maximum absolute atomic E-state index is 5.69. The van der Waals surface area contributed by atoms with Gasteiger partial charge in [-0.15, -0.1) is 0 Å². The average molecular weight is 258 g/mol. The summed E-state index contributed by atoms with van der Waals surface area (Å²) >= 11 is 0. The fourth-order valence-corrected chi connectivity index (χ4v) is 2.62. The Morgan fingerprint density at radius 1 is 1.17 bits per heavy atom. The van der Waals surface area contributed by atoms with Crippen molar-refractivity contribution in [1.82, 2.24) is 4.90 Å². The second-order valence-corrected chi connectivity index (χ2v) is 5.66. The van der Waals surface area contributed by atoms with Crippen LogP contribution in [0.25, 0.3) is 0 Å². The van der Waals surface area contributed by atoms with Gasteiger partial charge in [0, 0.05) is 13.2 Å². The Morgan fingerprint density at radius 3 is 2.28 bits per heavy atom. The third-order valence-electron chi connectivity index (χ3n) is 3.94. The molecular formula is C15H34N2O. The van der Waals surface area contributed by atoms with Crippen molar-refractivity contribution in [2.45, 2.75) is 53.0 Å². The highest BCUT2D eigenvalue weighted by Crippen LogP contribution is 2.20. The summed E-state index contributed by atoms with van der Waals surface area (Å²) < 4.78 is 5.23. The minimum atomic E-state index is 0.520. The topological polar surface area (TPSA) is 38.5 Å². The van der Waals surface area contributed by atoms with Gasteiger partial charge in [0.2, 0.25) is 0 Å². The van der Waals surface area contributed by atoms with Crippen molar-refractivity contribution in [3.63, 3.8) is 0 Å². The van der Waals surface area contributed by atoms with E-state index in [1.54, 1.807) is 7.11 Å². The van der Waals surface area contributed by atoms with Crippen LogP contribution in [0.15, 0.2) is 0 Å². The zero-order valence-corrected chi connectivity index (χ0v) is 13.1. The van der Waals surface area contributed by atoms with Crippen LogP contribution in [0.2, 0.25) is 0 Å². The first-order valence-corrected chi connectivity index (χ1v) is 7.49. The van der Waals surface area contributed by atoms with Crippen LogP contribution < -0.4 is 5.73 Å². The van der Waals surface area contributed by atoms with Gasteiger partial charge in [-0.1, -0.05) is 20.8 Å². The van der Waals surface area contributed by atoms with E-state index in [-0.39, 0.29) is 0 Å². The molecule has 3 heteroatoms. The predicted molar refractivity (Wildman–Crippen MR) is 79.8 cm³/mol. The Balaban J connectivity index is 3.97. The molecule has 18 heavy (non-hydrogen) atoms. The van der Waals surface area contributed by atoms with Crippen molar-refractivity contribution in [3.8, 4) is 0 Å². The first kappa shape index (κ1) is 17.9. The molecule has 0 spiro atoms. The van der Waals surface area contributed by atoms with E-state index in [1.165, 1.54) is 19.4 Å². The Kier molecular flexibility index (Phi) is 10.7. The molecule has 2 unspecified atom stereocenters. The summed E-state index contributed by atoms with van der Waals surface area (Å²) in [5, 5.41) is 0.